The van der Waals surface area contributed by atoms with Gasteiger partial charge >= 0.3 is 0 Å². The van der Waals surface area contributed by atoms with Gasteiger partial charge in [0.2, 0.25) is 0 Å². The van der Waals surface area contributed by atoms with Crippen LogP contribution < -0.4 is 10.6 Å². The summed E-state index contributed by atoms with van der Waals surface area (Å²) in [5.41, 5.74) is 0.861. The van der Waals surface area contributed by atoms with Crippen molar-refractivity contribution in [1.82, 2.24) is 10.6 Å². The molecule has 0 spiro atoms. The molecule has 4 nitrogen and oxygen atoms in total. The van der Waals surface area contributed by atoms with Gasteiger partial charge in [0.15, 0.2) is 12.0 Å². The highest BCUT2D eigenvalue weighted by atomic mass is 35.5. The Kier molecular flexibility index (Phi) is 2.52. The standard InChI is InChI=1S/C12H12ClN3O/c13-8-3-1-7(2-4-8)10-11(17)16-12(15-10)14-9-5-6-9/h1-4,9-10H,5-6H2,(H2,14,15,16,17). The summed E-state index contributed by atoms with van der Waals surface area (Å²) in [6.45, 7) is 0. The Morgan fingerprint density at radius 1 is 1.29 bits per heavy atom. The van der Waals surface area contributed by atoms with Gasteiger partial charge in [-0.2, -0.15) is 0 Å². The third-order valence-electron chi connectivity index (χ3n) is 2.85. The lowest BCUT2D eigenvalue weighted by molar-refractivity contribution is -0.120. The van der Waals surface area contributed by atoms with Crippen molar-refractivity contribution >= 4 is 23.5 Å². The summed E-state index contributed by atoms with van der Waals surface area (Å²) in [6, 6.07) is 7.23. The molecule has 0 bridgehead atoms. The van der Waals surface area contributed by atoms with Crippen LogP contribution in [0.4, 0.5) is 0 Å². The monoisotopic (exact) mass is 249 g/mol. The maximum absolute atomic E-state index is 11.8. The molecule has 88 valence electrons. The van der Waals surface area contributed by atoms with E-state index in [4.69, 9.17) is 11.6 Å². The maximum atomic E-state index is 11.8. The number of nitrogens with zero attached hydrogens (tertiary/aromatic N) is 1. The van der Waals surface area contributed by atoms with Crippen LogP contribution in [0, 0.1) is 0 Å². The van der Waals surface area contributed by atoms with Crippen molar-refractivity contribution in [3.8, 4) is 0 Å². The van der Waals surface area contributed by atoms with Crippen molar-refractivity contribution in [3.63, 3.8) is 0 Å². The Labute approximate surface area is 104 Å². The number of guanidine groups is 1. The fourth-order valence-corrected chi connectivity index (χ4v) is 1.90. The molecule has 2 aliphatic rings. The Bertz CT molecular complexity index is 479. The summed E-state index contributed by atoms with van der Waals surface area (Å²) in [5.74, 6) is 0.507. The van der Waals surface area contributed by atoms with Crippen LogP contribution in [0.5, 0.6) is 0 Å². The lowest BCUT2D eigenvalue weighted by Gasteiger charge is -2.03. The first-order valence-electron chi connectivity index (χ1n) is 5.63. The van der Waals surface area contributed by atoms with Crippen LogP contribution in [0.3, 0.4) is 0 Å². The molecule has 1 saturated carbocycles. The number of aliphatic imine (C=N–C) groups is 1. The van der Waals surface area contributed by atoms with Gasteiger partial charge in [0.05, 0.1) is 0 Å². The zero-order valence-corrected chi connectivity index (χ0v) is 9.87. The van der Waals surface area contributed by atoms with Crippen LogP contribution in [-0.4, -0.2) is 17.9 Å². The molecule has 1 heterocycles. The van der Waals surface area contributed by atoms with Gasteiger partial charge in [-0.1, -0.05) is 23.7 Å². The molecule has 1 unspecified atom stereocenters. The molecule has 17 heavy (non-hydrogen) atoms. The lowest BCUT2D eigenvalue weighted by Crippen LogP contribution is -2.37. The number of carbonyl (C=O) groups is 1. The van der Waals surface area contributed by atoms with E-state index in [1.165, 1.54) is 0 Å². The molecule has 3 rings (SSSR count). The minimum absolute atomic E-state index is 0.0875. The summed E-state index contributed by atoms with van der Waals surface area (Å²) in [4.78, 5) is 16.1. The Balaban J connectivity index is 1.79. The van der Waals surface area contributed by atoms with Crippen molar-refractivity contribution < 1.29 is 4.79 Å². The van der Waals surface area contributed by atoms with E-state index >= 15 is 0 Å². The van der Waals surface area contributed by atoms with Crippen molar-refractivity contribution in [2.45, 2.75) is 24.9 Å². The van der Waals surface area contributed by atoms with E-state index < -0.39 is 6.04 Å². The van der Waals surface area contributed by atoms with Crippen LogP contribution >= 0.6 is 11.6 Å². The van der Waals surface area contributed by atoms with E-state index in [9.17, 15) is 4.79 Å². The summed E-state index contributed by atoms with van der Waals surface area (Å²) in [6.07, 6.45) is 2.31. The highest BCUT2D eigenvalue weighted by molar-refractivity contribution is 6.30. The maximum Gasteiger partial charge on any atom is 0.256 e. The molecular weight excluding hydrogens is 238 g/mol. The van der Waals surface area contributed by atoms with E-state index in [2.05, 4.69) is 15.6 Å². The molecule has 0 saturated heterocycles. The van der Waals surface area contributed by atoms with Gasteiger partial charge in [-0.3, -0.25) is 10.1 Å². The van der Waals surface area contributed by atoms with Crippen LogP contribution in [0.1, 0.15) is 24.4 Å². The van der Waals surface area contributed by atoms with E-state index in [1.54, 1.807) is 12.1 Å². The van der Waals surface area contributed by atoms with Crippen LogP contribution in [0.15, 0.2) is 29.3 Å². The molecular formula is C12H12ClN3O. The second-order valence-corrected chi connectivity index (χ2v) is 4.78. The first-order chi connectivity index (χ1) is 8.22. The summed E-state index contributed by atoms with van der Waals surface area (Å²) in [7, 11) is 0. The Morgan fingerprint density at radius 2 is 2.00 bits per heavy atom. The van der Waals surface area contributed by atoms with Crippen molar-refractivity contribution in [2.75, 3.05) is 0 Å². The zero-order valence-electron chi connectivity index (χ0n) is 9.11. The number of halogens is 1. The molecule has 1 fully saturated rings. The van der Waals surface area contributed by atoms with E-state index in [1.807, 2.05) is 12.1 Å². The average Bonchev–Trinajstić information content (AvgIpc) is 3.03. The van der Waals surface area contributed by atoms with E-state index in [0.717, 1.165) is 18.4 Å². The van der Waals surface area contributed by atoms with Crippen LogP contribution in [0.25, 0.3) is 0 Å². The Morgan fingerprint density at radius 3 is 2.65 bits per heavy atom. The predicted molar refractivity (Wildman–Crippen MR) is 65.9 cm³/mol. The van der Waals surface area contributed by atoms with E-state index in [-0.39, 0.29) is 5.91 Å². The number of benzene rings is 1. The third kappa shape index (κ3) is 2.26. The molecule has 2 N–H and O–H groups in total. The molecule has 1 atom stereocenters. The topological polar surface area (TPSA) is 53.5 Å². The molecule has 0 radical (unpaired) electrons. The predicted octanol–water partition coefficient (Wildman–Crippen LogP) is 1.62. The number of hydrogen-bond acceptors (Lipinski definition) is 3. The normalized spacial score (nSPS) is 23.2. The van der Waals surface area contributed by atoms with Gasteiger partial charge in [-0.05, 0) is 30.5 Å². The summed E-state index contributed by atoms with van der Waals surface area (Å²) < 4.78 is 0. The molecule has 0 aromatic heterocycles. The van der Waals surface area contributed by atoms with Crippen LogP contribution in [0.2, 0.25) is 5.02 Å². The number of hydrogen-bond donors (Lipinski definition) is 2. The summed E-state index contributed by atoms with van der Waals surface area (Å²) >= 11 is 5.81. The number of carbonyl (C=O) groups excluding carboxylic acids is 1. The van der Waals surface area contributed by atoms with Gasteiger partial charge in [0.25, 0.3) is 5.91 Å². The zero-order chi connectivity index (χ0) is 11.8. The van der Waals surface area contributed by atoms with Crippen molar-refractivity contribution in [3.05, 3.63) is 34.9 Å². The van der Waals surface area contributed by atoms with Crippen molar-refractivity contribution in [2.24, 2.45) is 4.99 Å². The average molecular weight is 250 g/mol. The second-order valence-electron chi connectivity index (χ2n) is 4.34. The quantitative estimate of drug-likeness (QED) is 0.837. The minimum atomic E-state index is -0.450. The summed E-state index contributed by atoms with van der Waals surface area (Å²) in [5, 5.41) is 6.60. The van der Waals surface area contributed by atoms with Gasteiger partial charge in [-0.15, -0.1) is 0 Å². The molecule has 1 aromatic carbocycles. The Hall–Kier alpha value is -1.55. The van der Waals surface area contributed by atoms with Gasteiger partial charge in [0, 0.05) is 11.1 Å². The van der Waals surface area contributed by atoms with Gasteiger partial charge in [0.1, 0.15) is 0 Å². The smallest absolute Gasteiger partial charge is 0.256 e. The second kappa shape index (κ2) is 4.04. The molecule has 1 aliphatic heterocycles. The first kappa shape index (κ1) is 10.6. The molecule has 1 aromatic rings. The minimum Gasteiger partial charge on any atom is -0.353 e. The number of nitrogens with one attached hydrogen (secondary N) is 2. The number of rotatable bonds is 2. The largest absolute Gasteiger partial charge is 0.353 e. The SMILES string of the molecule is O=C1NC(NC2CC2)=NC1c1ccc(Cl)cc1. The fraction of sp³-hybridized carbons (Fsp3) is 0.333. The molecule has 1 amide bonds. The first-order valence-corrected chi connectivity index (χ1v) is 6.01. The highest BCUT2D eigenvalue weighted by Gasteiger charge is 2.31. The molecule has 5 heteroatoms. The van der Waals surface area contributed by atoms with E-state index in [0.29, 0.717) is 17.0 Å². The third-order valence-corrected chi connectivity index (χ3v) is 3.10. The van der Waals surface area contributed by atoms with Crippen molar-refractivity contribution in [1.29, 1.82) is 0 Å². The lowest BCUT2D eigenvalue weighted by atomic mass is 10.1. The van der Waals surface area contributed by atoms with Crippen LogP contribution in [-0.2, 0) is 4.79 Å². The highest BCUT2D eigenvalue weighted by Crippen LogP contribution is 2.24. The fourth-order valence-electron chi connectivity index (χ4n) is 1.77. The molecule has 1 aliphatic carbocycles. The van der Waals surface area contributed by atoms with Gasteiger partial charge in [-0.25, -0.2) is 4.99 Å². The number of amides is 1. The van der Waals surface area contributed by atoms with Gasteiger partial charge < -0.3 is 5.32 Å².